The van der Waals surface area contributed by atoms with Gasteiger partial charge in [-0.25, -0.2) is 0 Å². The van der Waals surface area contributed by atoms with Crippen LogP contribution in [0.4, 0.5) is 0 Å². The molecule has 1 atom stereocenters. The molecule has 0 radical (unpaired) electrons. The zero-order chi connectivity index (χ0) is 10.6. The Labute approximate surface area is 99.1 Å². The number of halogens is 2. The SMILES string of the molecule is CCOC(=O)C(Br)c1cncc(Br)c1. The molecular weight excluding hydrogens is 314 g/mol. The predicted octanol–water partition coefficient (Wildman–Crippen LogP) is 2.84. The van der Waals surface area contributed by atoms with E-state index in [1.54, 1.807) is 19.3 Å². The van der Waals surface area contributed by atoms with E-state index in [4.69, 9.17) is 4.74 Å². The highest BCUT2D eigenvalue weighted by Crippen LogP contribution is 2.25. The zero-order valence-electron chi connectivity index (χ0n) is 7.54. The van der Waals surface area contributed by atoms with Gasteiger partial charge in [0.2, 0.25) is 0 Å². The second-order valence-electron chi connectivity index (χ2n) is 2.55. The first-order valence-electron chi connectivity index (χ1n) is 4.06. The van der Waals surface area contributed by atoms with Gasteiger partial charge in [0.25, 0.3) is 0 Å². The first-order valence-corrected chi connectivity index (χ1v) is 5.77. The molecule has 0 N–H and O–H groups in total. The molecule has 1 aromatic rings. The average molecular weight is 323 g/mol. The normalized spacial score (nSPS) is 12.2. The van der Waals surface area contributed by atoms with Crippen LogP contribution in [0.1, 0.15) is 17.3 Å². The van der Waals surface area contributed by atoms with E-state index >= 15 is 0 Å². The van der Waals surface area contributed by atoms with Crippen molar-refractivity contribution >= 4 is 37.8 Å². The van der Waals surface area contributed by atoms with Crippen LogP contribution in [0.3, 0.4) is 0 Å². The molecule has 1 heterocycles. The van der Waals surface area contributed by atoms with Crippen LogP contribution in [0.5, 0.6) is 0 Å². The summed E-state index contributed by atoms with van der Waals surface area (Å²) in [6, 6.07) is 1.82. The van der Waals surface area contributed by atoms with E-state index in [2.05, 4.69) is 36.8 Å². The Morgan fingerprint density at radius 3 is 2.93 bits per heavy atom. The van der Waals surface area contributed by atoms with Gasteiger partial charge in [-0.05, 0) is 34.5 Å². The van der Waals surface area contributed by atoms with Gasteiger partial charge in [0.1, 0.15) is 4.83 Å². The Kier molecular flexibility index (Phi) is 4.54. The van der Waals surface area contributed by atoms with Crippen molar-refractivity contribution in [2.75, 3.05) is 6.61 Å². The van der Waals surface area contributed by atoms with Gasteiger partial charge in [0.05, 0.1) is 6.61 Å². The van der Waals surface area contributed by atoms with Crippen molar-refractivity contribution in [3.8, 4) is 0 Å². The molecule has 0 bridgehead atoms. The van der Waals surface area contributed by atoms with Crippen LogP contribution >= 0.6 is 31.9 Å². The number of hydrogen-bond donors (Lipinski definition) is 0. The fourth-order valence-corrected chi connectivity index (χ4v) is 1.68. The molecule has 0 aliphatic carbocycles. The van der Waals surface area contributed by atoms with Gasteiger partial charge in [-0.2, -0.15) is 0 Å². The lowest BCUT2D eigenvalue weighted by atomic mass is 10.2. The van der Waals surface area contributed by atoms with Gasteiger partial charge in [-0.1, -0.05) is 15.9 Å². The first-order chi connectivity index (χ1) is 6.65. The molecule has 1 unspecified atom stereocenters. The third kappa shape index (κ3) is 3.06. The molecule has 0 saturated carbocycles. The summed E-state index contributed by atoms with van der Waals surface area (Å²) in [6.45, 7) is 2.15. The Morgan fingerprint density at radius 1 is 1.64 bits per heavy atom. The number of hydrogen-bond acceptors (Lipinski definition) is 3. The van der Waals surface area contributed by atoms with Crippen molar-refractivity contribution in [2.45, 2.75) is 11.8 Å². The summed E-state index contributed by atoms with van der Waals surface area (Å²) >= 11 is 6.53. The van der Waals surface area contributed by atoms with E-state index < -0.39 is 4.83 Å². The number of nitrogens with zero attached hydrogens (tertiary/aromatic N) is 1. The Morgan fingerprint density at radius 2 is 2.36 bits per heavy atom. The zero-order valence-corrected chi connectivity index (χ0v) is 10.7. The number of aromatic nitrogens is 1. The lowest BCUT2D eigenvalue weighted by Gasteiger charge is -2.08. The van der Waals surface area contributed by atoms with E-state index in [-0.39, 0.29) is 5.97 Å². The summed E-state index contributed by atoms with van der Waals surface area (Å²) < 4.78 is 5.71. The Bertz CT molecular complexity index is 330. The monoisotopic (exact) mass is 321 g/mol. The number of rotatable bonds is 3. The van der Waals surface area contributed by atoms with Crippen LogP contribution < -0.4 is 0 Å². The van der Waals surface area contributed by atoms with Crippen LogP contribution in [0.15, 0.2) is 22.9 Å². The van der Waals surface area contributed by atoms with Gasteiger partial charge in [0.15, 0.2) is 0 Å². The number of carbonyl (C=O) groups excluding carboxylic acids is 1. The van der Waals surface area contributed by atoms with Gasteiger partial charge in [-0.15, -0.1) is 0 Å². The van der Waals surface area contributed by atoms with E-state index in [0.29, 0.717) is 6.61 Å². The molecule has 0 aliphatic rings. The molecule has 0 aromatic carbocycles. The van der Waals surface area contributed by atoms with Crippen LogP contribution in [-0.2, 0) is 9.53 Å². The fraction of sp³-hybridized carbons (Fsp3) is 0.333. The van der Waals surface area contributed by atoms with Gasteiger partial charge in [0, 0.05) is 16.9 Å². The topological polar surface area (TPSA) is 39.2 Å². The molecule has 0 aliphatic heterocycles. The maximum Gasteiger partial charge on any atom is 0.324 e. The van der Waals surface area contributed by atoms with E-state index in [9.17, 15) is 4.79 Å². The quantitative estimate of drug-likeness (QED) is 0.634. The largest absolute Gasteiger partial charge is 0.465 e. The maximum absolute atomic E-state index is 11.3. The van der Waals surface area contributed by atoms with E-state index in [1.807, 2.05) is 6.07 Å². The van der Waals surface area contributed by atoms with Crippen molar-refractivity contribution in [3.05, 3.63) is 28.5 Å². The molecule has 1 aromatic heterocycles. The van der Waals surface area contributed by atoms with Crippen molar-refractivity contribution in [2.24, 2.45) is 0 Å². The van der Waals surface area contributed by atoms with Crippen molar-refractivity contribution in [1.82, 2.24) is 4.98 Å². The highest BCUT2D eigenvalue weighted by molar-refractivity contribution is 9.10. The second kappa shape index (κ2) is 5.46. The summed E-state index contributed by atoms with van der Waals surface area (Å²) in [7, 11) is 0. The lowest BCUT2D eigenvalue weighted by molar-refractivity contribution is -0.142. The molecule has 0 saturated heterocycles. The van der Waals surface area contributed by atoms with Crippen LogP contribution in [0, 0.1) is 0 Å². The first kappa shape index (κ1) is 11.7. The Balaban J connectivity index is 2.78. The minimum atomic E-state index is -0.451. The smallest absolute Gasteiger partial charge is 0.324 e. The molecule has 5 heteroatoms. The predicted molar refractivity (Wildman–Crippen MR) is 60.2 cm³/mol. The fourth-order valence-electron chi connectivity index (χ4n) is 0.918. The van der Waals surface area contributed by atoms with Gasteiger partial charge < -0.3 is 4.74 Å². The van der Waals surface area contributed by atoms with E-state index in [1.165, 1.54) is 0 Å². The number of carbonyl (C=O) groups is 1. The molecule has 1 rings (SSSR count). The summed E-state index contributed by atoms with van der Waals surface area (Å²) in [5, 5.41) is 0. The third-order valence-electron chi connectivity index (χ3n) is 1.51. The minimum absolute atomic E-state index is 0.299. The maximum atomic E-state index is 11.3. The molecular formula is C9H9Br2NO2. The van der Waals surface area contributed by atoms with Gasteiger partial charge in [-0.3, -0.25) is 9.78 Å². The number of esters is 1. The van der Waals surface area contributed by atoms with Crippen molar-refractivity contribution in [3.63, 3.8) is 0 Å². The van der Waals surface area contributed by atoms with Crippen LogP contribution in [0.2, 0.25) is 0 Å². The molecule has 0 spiro atoms. The summed E-state index contributed by atoms with van der Waals surface area (Å²) in [6.07, 6.45) is 3.29. The molecule has 3 nitrogen and oxygen atoms in total. The van der Waals surface area contributed by atoms with Crippen LogP contribution in [0.25, 0.3) is 0 Å². The molecule has 0 fully saturated rings. The minimum Gasteiger partial charge on any atom is -0.465 e. The lowest BCUT2D eigenvalue weighted by Crippen LogP contribution is -2.10. The van der Waals surface area contributed by atoms with Crippen molar-refractivity contribution < 1.29 is 9.53 Å². The second-order valence-corrected chi connectivity index (χ2v) is 4.38. The summed E-state index contributed by atoms with van der Waals surface area (Å²) in [5.41, 5.74) is 0.776. The van der Waals surface area contributed by atoms with Crippen molar-refractivity contribution in [1.29, 1.82) is 0 Å². The summed E-state index contributed by atoms with van der Waals surface area (Å²) in [5.74, 6) is -0.299. The molecule has 76 valence electrons. The van der Waals surface area contributed by atoms with Crippen LogP contribution in [-0.4, -0.2) is 17.6 Å². The molecule has 0 amide bonds. The third-order valence-corrected chi connectivity index (χ3v) is 2.85. The van der Waals surface area contributed by atoms with E-state index in [0.717, 1.165) is 10.0 Å². The van der Waals surface area contributed by atoms with Gasteiger partial charge >= 0.3 is 5.97 Å². The highest BCUT2D eigenvalue weighted by Gasteiger charge is 2.18. The number of pyridine rings is 1. The highest BCUT2D eigenvalue weighted by atomic mass is 79.9. The molecule has 14 heavy (non-hydrogen) atoms. The Hall–Kier alpha value is -0.420. The standard InChI is InChI=1S/C9H9Br2NO2/c1-2-14-9(13)8(11)6-3-7(10)5-12-4-6/h3-5,8H,2H2,1H3. The summed E-state index contributed by atoms with van der Waals surface area (Å²) in [4.78, 5) is 14.9. The number of ether oxygens (including phenoxy) is 1. The average Bonchev–Trinajstić information content (AvgIpc) is 2.17. The number of alkyl halides is 1.